The summed E-state index contributed by atoms with van der Waals surface area (Å²) in [5.74, 6) is -0.288. The van der Waals surface area contributed by atoms with Gasteiger partial charge >= 0.3 is 0 Å². The maximum absolute atomic E-state index is 13.8. The Labute approximate surface area is 226 Å². The normalized spacial score (nSPS) is 15.6. The van der Waals surface area contributed by atoms with Gasteiger partial charge in [0, 0.05) is 48.2 Å². The number of rotatable bonds is 3. The number of aromatic nitrogens is 5. The molecule has 0 aliphatic carbocycles. The van der Waals surface area contributed by atoms with E-state index in [-0.39, 0.29) is 23.1 Å². The van der Waals surface area contributed by atoms with Gasteiger partial charge in [-0.25, -0.2) is 19.5 Å². The molecule has 0 unspecified atom stereocenters. The van der Waals surface area contributed by atoms with Crippen LogP contribution >= 0.6 is 11.6 Å². The molecule has 1 aliphatic heterocycles. The van der Waals surface area contributed by atoms with Crippen LogP contribution in [0.5, 0.6) is 0 Å². The summed E-state index contributed by atoms with van der Waals surface area (Å²) < 4.78 is 1.69. The van der Waals surface area contributed by atoms with Crippen LogP contribution in [0.25, 0.3) is 16.9 Å². The molecule has 0 atom stereocenters. The Bertz CT molecular complexity index is 1510. The lowest BCUT2D eigenvalue weighted by Gasteiger charge is -2.46. The summed E-state index contributed by atoms with van der Waals surface area (Å²) in [7, 11) is 0. The van der Waals surface area contributed by atoms with Crippen molar-refractivity contribution in [3.05, 3.63) is 77.1 Å². The summed E-state index contributed by atoms with van der Waals surface area (Å²) in [4.78, 5) is 43.1. The highest BCUT2D eigenvalue weighted by Crippen LogP contribution is 2.31. The average molecular weight is 532 g/mol. The summed E-state index contributed by atoms with van der Waals surface area (Å²) in [6.45, 7) is 11.3. The van der Waals surface area contributed by atoms with Crippen molar-refractivity contribution in [3.63, 3.8) is 0 Å². The van der Waals surface area contributed by atoms with Crippen molar-refractivity contribution in [3.8, 4) is 11.3 Å². The molecule has 4 heterocycles. The van der Waals surface area contributed by atoms with Crippen molar-refractivity contribution in [2.45, 2.75) is 45.6 Å². The van der Waals surface area contributed by atoms with Crippen LogP contribution in [0, 0.1) is 0 Å². The number of nitrogens with zero attached hydrogens (tertiary/aromatic N) is 7. The first-order valence-corrected chi connectivity index (χ1v) is 12.9. The molecular weight excluding hydrogens is 502 g/mol. The molecular formula is C28H30ClN7O2. The zero-order valence-corrected chi connectivity index (χ0v) is 22.9. The molecule has 10 heteroatoms. The Morgan fingerprint density at radius 2 is 1.68 bits per heavy atom. The molecule has 1 saturated heterocycles. The molecule has 2 amide bonds. The molecule has 1 fully saturated rings. The van der Waals surface area contributed by atoms with E-state index < -0.39 is 5.54 Å². The van der Waals surface area contributed by atoms with Crippen LogP contribution in [-0.2, 0) is 5.41 Å². The van der Waals surface area contributed by atoms with Crippen LogP contribution in [0.4, 0.5) is 0 Å². The number of hydrogen-bond acceptors (Lipinski definition) is 6. The number of benzene rings is 1. The molecule has 0 N–H and O–H groups in total. The lowest BCUT2D eigenvalue weighted by molar-refractivity contribution is 0.0160. The summed E-state index contributed by atoms with van der Waals surface area (Å²) in [6, 6.07) is 11.2. The van der Waals surface area contributed by atoms with E-state index in [9.17, 15) is 9.59 Å². The van der Waals surface area contributed by atoms with E-state index in [1.165, 1.54) is 0 Å². The van der Waals surface area contributed by atoms with Gasteiger partial charge in [0.25, 0.3) is 11.8 Å². The lowest BCUT2D eigenvalue weighted by atomic mass is 9.87. The lowest BCUT2D eigenvalue weighted by Crippen LogP contribution is -2.62. The first-order valence-electron chi connectivity index (χ1n) is 12.5. The molecule has 38 heavy (non-hydrogen) atoms. The number of halogens is 1. The number of carbonyl (C=O) groups is 2. The Balaban J connectivity index is 1.46. The molecule has 1 aromatic carbocycles. The standard InChI is InChI=1S/C28H30ClN7O2/c1-27(2,3)20-15-21(18-7-9-19(29)10-8-18)33-36-16-22(32-24(20)36)25(37)35-14-13-34(17-28(35,4)5)26(38)23-30-11-6-12-31-23/h6-12,15-16H,13-14,17H2,1-5H3. The Morgan fingerprint density at radius 3 is 2.32 bits per heavy atom. The van der Waals surface area contributed by atoms with Crippen LogP contribution < -0.4 is 0 Å². The molecule has 4 aromatic rings. The summed E-state index contributed by atoms with van der Waals surface area (Å²) in [6.07, 6.45) is 4.79. The van der Waals surface area contributed by atoms with Crippen molar-refractivity contribution < 1.29 is 9.59 Å². The van der Waals surface area contributed by atoms with E-state index in [1.54, 1.807) is 39.0 Å². The summed E-state index contributed by atoms with van der Waals surface area (Å²) >= 11 is 6.08. The van der Waals surface area contributed by atoms with Gasteiger partial charge in [-0.15, -0.1) is 0 Å². The van der Waals surface area contributed by atoms with E-state index in [1.807, 2.05) is 44.2 Å². The van der Waals surface area contributed by atoms with Gasteiger partial charge in [-0.3, -0.25) is 9.59 Å². The van der Waals surface area contributed by atoms with E-state index >= 15 is 0 Å². The van der Waals surface area contributed by atoms with E-state index in [2.05, 4.69) is 30.7 Å². The third kappa shape index (κ3) is 4.86. The number of piperazine rings is 1. The van der Waals surface area contributed by atoms with Crippen molar-refractivity contribution in [1.82, 2.24) is 34.4 Å². The fourth-order valence-electron chi connectivity index (χ4n) is 4.79. The van der Waals surface area contributed by atoms with Gasteiger partial charge in [0.15, 0.2) is 5.65 Å². The predicted octanol–water partition coefficient (Wildman–Crippen LogP) is 4.51. The first-order chi connectivity index (χ1) is 17.9. The van der Waals surface area contributed by atoms with Crippen molar-refractivity contribution >= 4 is 29.1 Å². The molecule has 196 valence electrons. The second-order valence-corrected chi connectivity index (χ2v) is 11.6. The topological polar surface area (TPSA) is 96.6 Å². The van der Waals surface area contributed by atoms with E-state index in [0.29, 0.717) is 36.0 Å². The quantitative estimate of drug-likeness (QED) is 0.386. The second-order valence-electron chi connectivity index (χ2n) is 11.2. The molecule has 0 spiro atoms. The van der Waals surface area contributed by atoms with Crippen molar-refractivity contribution in [2.24, 2.45) is 0 Å². The molecule has 3 aromatic heterocycles. The van der Waals surface area contributed by atoms with Gasteiger partial charge in [-0.05, 0) is 43.5 Å². The third-order valence-electron chi connectivity index (χ3n) is 6.78. The first kappa shape index (κ1) is 25.8. The molecule has 0 radical (unpaired) electrons. The Morgan fingerprint density at radius 1 is 1.00 bits per heavy atom. The Kier molecular flexibility index (Phi) is 6.43. The molecule has 0 bridgehead atoms. The number of imidazole rings is 1. The van der Waals surface area contributed by atoms with E-state index in [4.69, 9.17) is 21.7 Å². The number of fused-ring (bicyclic) bond motifs is 1. The van der Waals surface area contributed by atoms with Gasteiger partial charge in [0.2, 0.25) is 5.82 Å². The SMILES string of the molecule is CC(C)(C)c1cc(-c2ccc(Cl)cc2)nn2cc(C(=O)N3CCN(C(=O)c4ncccn4)CC3(C)C)nc12. The maximum Gasteiger partial charge on any atom is 0.291 e. The van der Waals surface area contributed by atoms with Crippen LogP contribution in [0.15, 0.2) is 55.0 Å². The number of carbonyl (C=O) groups excluding carboxylic acids is 2. The van der Waals surface area contributed by atoms with E-state index in [0.717, 1.165) is 16.8 Å². The molecule has 5 rings (SSSR count). The summed E-state index contributed by atoms with van der Waals surface area (Å²) in [5, 5.41) is 5.43. The number of amides is 2. The minimum atomic E-state index is -0.621. The highest BCUT2D eigenvalue weighted by molar-refractivity contribution is 6.30. The summed E-state index contributed by atoms with van der Waals surface area (Å²) in [5.41, 5.74) is 2.78. The van der Waals surface area contributed by atoms with Crippen LogP contribution in [-0.4, -0.2) is 71.4 Å². The van der Waals surface area contributed by atoms with Gasteiger partial charge < -0.3 is 9.80 Å². The largest absolute Gasteiger partial charge is 0.332 e. The van der Waals surface area contributed by atoms with Crippen molar-refractivity contribution in [1.29, 1.82) is 0 Å². The van der Waals surface area contributed by atoms with Gasteiger partial charge in [-0.2, -0.15) is 5.10 Å². The third-order valence-corrected chi connectivity index (χ3v) is 7.04. The minimum absolute atomic E-state index is 0.153. The molecule has 9 nitrogen and oxygen atoms in total. The molecule has 0 saturated carbocycles. The van der Waals surface area contributed by atoms with Crippen molar-refractivity contribution in [2.75, 3.05) is 19.6 Å². The van der Waals surface area contributed by atoms with Gasteiger partial charge in [0.05, 0.1) is 17.4 Å². The highest BCUT2D eigenvalue weighted by atomic mass is 35.5. The van der Waals surface area contributed by atoms with Crippen LogP contribution in [0.3, 0.4) is 0 Å². The molecule has 1 aliphatic rings. The van der Waals surface area contributed by atoms with Gasteiger partial charge in [-0.1, -0.05) is 44.5 Å². The highest BCUT2D eigenvalue weighted by Gasteiger charge is 2.40. The minimum Gasteiger partial charge on any atom is -0.332 e. The fourth-order valence-corrected chi connectivity index (χ4v) is 4.91. The average Bonchev–Trinajstić information content (AvgIpc) is 3.31. The van der Waals surface area contributed by atoms with Crippen LogP contribution in [0.2, 0.25) is 5.02 Å². The monoisotopic (exact) mass is 531 g/mol. The zero-order valence-electron chi connectivity index (χ0n) is 22.1. The Hall–Kier alpha value is -3.85. The fraction of sp³-hybridized carbons (Fsp3) is 0.357. The number of hydrogen-bond donors (Lipinski definition) is 0. The smallest absolute Gasteiger partial charge is 0.291 e. The van der Waals surface area contributed by atoms with Crippen LogP contribution in [0.1, 0.15) is 61.3 Å². The maximum atomic E-state index is 13.8. The second kappa shape index (κ2) is 9.47. The zero-order chi connectivity index (χ0) is 27.2. The predicted molar refractivity (Wildman–Crippen MR) is 145 cm³/mol. The van der Waals surface area contributed by atoms with Gasteiger partial charge in [0.1, 0.15) is 5.69 Å².